The molecule has 0 atom stereocenters. The lowest BCUT2D eigenvalue weighted by molar-refractivity contribution is -0.151. The highest BCUT2D eigenvalue weighted by atomic mass is 19.4. The van der Waals surface area contributed by atoms with Gasteiger partial charge in [0, 0.05) is 19.0 Å². The number of aryl methyl sites for hydroxylation is 1. The van der Waals surface area contributed by atoms with E-state index in [1.165, 1.54) is 6.07 Å². The van der Waals surface area contributed by atoms with E-state index in [0.717, 1.165) is 12.8 Å². The third-order valence-corrected chi connectivity index (χ3v) is 5.73. The van der Waals surface area contributed by atoms with Crippen molar-refractivity contribution in [1.82, 2.24) is 4.90 Å². The van der Waals surface area contributed by atoms with Gasteiger partial charge in [0.2, 0.25) is 5.91 Å². The summed E-state index contributed by atoms with van der Waals surface area (Å²) in [5, 5.41) is 9.79. The summed E-state index contributed by atoms with van der Waals surface area (Å²) in [6.45, 7) is 4.59. The molecule has 0 radical (unpaired) electrons. The van der Waals surface area contributed by atoms with Crippen LogP contribution in [0.1, 0.15) is 49.3 Å². The van der Waals surface area contributed by atoms with E-state index in [9.17, 15) is 23.1 Å². The SMILES string of the molecule is Cc1ccc(CC2CCN(C(=O)C3CC(C)(O)C3)CC2)c(C(F)(F)F)c1. The maximum Gasteiger partial charge on any atom is 0.416 e. The second-order valence-electron chi connectivity index (χ2n) is 8.23. The van der Waals surface area contributed by atoms with Crippen LogP contribution in [0, 0.1) is 18.8 Å². The zero-order chi connectivity index (χ0) is 19.1. The van der Waals surface area contributed by atoms with Crippen molar-refractivity contribution in [3.05, 3.63) is 34.9 Å². The first kappa shape index (κ1) is 19.2. The molecule has 1 aliphatic heterocycles. The summed E-state index contributed by atoms with van der Waals surface area (Å²) in [4.78, 5) is 14.2. The van der Waals surface area contributed by atoms with E-state index in [4.69, 9.17) is 0 Å². The van der Waals surface area contributed by atoms with Crippen LogP contribution in [0.2, 0.25) is 0 Å². The standard InChI is InChI=1S/C20H26F3NO2/c1-13-3-4-15(17(9-13)20(21,22)23)10-14-5-7-24(8-6-14)18(25)16-11-19(2,26)12-16/h3-4,9,14,16,26H,5-8,10-12H2,1-2H3. The molecular formula is C20H26F3NO2. The molecule has 1 N–H and O–H groups in total. The van der Waals surface area contributed by atoms with E-state index >= 15 is 0 Å². The molecule has 1 aliphatic carbocycles. The molecule has 0 spiro atoms. The van der Waals surface area contributed by atoms with Crippen LogP contribution in [-0.2, 0) is 17.4 Å². The Balaban J connectivity index is 1.57. The smallest absolute Gasteiger partial charge is 0.390 e. The molecule has 1 aromatic carbocycles. The molecule has 1 aromatic rings. The predicted octanol–water partition coefficient (Wildman–Crippen LogP) is 3.96. The van der Waals surface area contributed by atoms with E-state index in [1.54, 1.807) is 26.0 Å². The van der Waals surface area contributed by atoms with Gasteiger partial charge in [-0.15, -0.1) is 0 Å². The van der Waals surface area contributed by atoms with Crippen molar-refractivity contribution < 1.29 is 23.1 Å². The Hall–Kier alpha value is -1.56. The van der Waals surface area contributed by atoms with Crippen LogP contribution in [0.3, 0.4) is 0 Å². The molecule has 3 rings (SSSR count). The number of amides is 1. The zero-order valence-corrected chi connectivity index (χ0v) is 15.3. The van der Waals surface area contributed by atoms with Crippen LogP contribution in [0.4, 0.5) is 13.2 Å². The van der Waals surface area contributed by atoms with Crippen LogP contribution in [0.15, 0.2) is 18.2 Å². The highest BCUT2D eigenvalue weighted by Crippen LogP contribution is 2.39. The summed E-state index contributed by atoms with van der Waals surface area (Å²) in [7, 11) is 0. The van der Waals surface area contributed by atoms with Crippen LogP contribution < -0.4 is 0 Å². The van der Waals surface area contributed by atoms with Gasteiger partial charge >= 0.3 is 6.18 Å². The fourth-order valence-corrected chi connectivity index (χ4v) is 4.24. The van der Waals surface area contributed by atoms with E-state index in [-0.39, 0.29) is 17.7 Å². The van der Waals surface area contributed by atoms with Gasteiger partial charge in [-0.05, 0) is 63.5 Å². The Morgan fingerprint density at radius 3 is 2.42 bits per heavy atom. The lowest BCUT2D eigenvalue weighted by Crippen LogP contribution is -2.51. The minimum absolute atomic E-state index is 0.0845. The Bertz CT molecular complexity index is 668. The average molecular weight is 369 g/mol. The van der Waals surface area contributed by atoms with E-state index in [2.05, 4.69) is 0 Å². The molecule has 1 saturated carbocycles. The van der Waals surface area contributed by atoms with Gasteiger partial charge in [0.25, 0.3) is 0 Å². The lowest BCUT2D eigenvalue weighted by Gasteiger charge is -2.43. The minimum Gasteiger partial charge on any atom is -0.390 e. The first-order valence-electron chi connectivity index (χ1n) is 9.23. The summed E-state index contributed by atoms with van der Waals surface area (Å²) in [5.41, 5.74) is -0.300. The average Bonchev–Trinajstić information content (AvgIpc) is 2.53. The molecule has 1 amide bonds. The number of halogens is 3. The second-order valence-corrected chi connectivity index (χ2v) is 8.23. The predicted molar refractivity (Wildman–Crippen MR) is 92.5 cm³/mol. The van der Waals surface area contributed by atoms with Crippen LogP contribution in [0.25, 0.3) is 0 Å². The molecule has 1 saturated heterocycles. The molecule has 6 heteroatoms. The van der Waals surface area contributed by atoms with E-state index < -0.39 is 17.3 Å². The number of nitrogens with zero attached hydrogens (tertiary/aromatic N) is 1. The molecule has 2 aliphatic rings. The number of alkyl halides is 3. The summed E-state index contributed by atoms with van der Waals surface area (Å²) in [6, 6.07) is 4.54. The number of likely N-dealkylation sites (tertiary alicyclic amines) is 1. The number of benzene rings is 1. The Kier molecular flexibility index (Phi) is 5.08. The zero-order valence-electron chi connectivity index (χ0n) is 15.3. The van der Waals surface area contributed by atoms with Gasteiger partial charge < -0.3 is 10.0 Å². The first-order valence-corrected chi connectivity index (χ1v) is 9.23. The molecule has 0 bridgehead atoms. The number of aliphatic hydroxyl groups is 1. The van der Waals surface area contributed by atoms with Gasteiger partial charge in [0.1, 0.15) is 0 Å². The number of hydrogen-bond acceptors (Lipinski definition) is 2. The molecule has 0 aromatic heterocycles. The quantitative estimate of drug-likeness (QED) is 0.876. The number of carbonyl (C=O) groups is 1. The van der Waals surface area contributed by atoms with Crippen molar-refractivity contribution in [2.75, 3.05) is 13.1 Å². The van der Waals surface area contributed by atoms with Crippen molar-refractivity contribution in [2.24, 2.45) is 11.8 Å². The number of hydrogen-bond donors (Lipinski definition) is 1. The normalized spacial score (nSPS) is 27.3. The maximum atomic E-state index is 13.3. The lowest BCUT2D eigenvalue weighted by atomic mass is 9.71. The van der Waals surface area contributed by atoms with Crippen molar-refractivity contribution in [2.45, 2.75) is 57.7 Å². The van der Waals surface area contributed by atoms with Gasteiger partial charge in [0.05, 0.1) is 11.2 Å². The van der Waals surface area contributed by atoms with Crippen LogP contribution in [-0.4, -0.2) is 34.6 Å². The van der Waals surface area contributed by atoms with Crippen LogP contribution >= 0.6 is 0 Å². The van der Waals surface area contributed by atoms with Crippen molar-refractivity contribution in [3.8, 4) is 0 Å². The van der Waals surface area contributed by atoms with E-state index in [0.29, 0.717) is 43.5 Å². The second kappa shape index (κ2) is 6.87. The number of carbonyl (C=O) groups excluding carboxylic acids is 1. The first-order chi connectivity index (χ1) is 12.0. The molecule has 1 heterocycles. The van der Waals surface area contributed by atoms with Crippen molar-refractivity contribution in [1.29, 1.82) is 0 Å². The number of rotatable bonds is 3. The fourth-order valence-electron chi connectivity index (χ4n) is 4.24. The number of piperidine rings is 1. The van der Waals surface area contributed by atoms with Gasteiger partial charge in [-0.2, -0.15) is 13.2 Å². The van der Waals surface area contributed by atoms with E-state index in [1.807, 2.05) is 4.90 Å². The van der Waals surface area contributed by atoms with Gasteiger partial charge in [-0.25, -0.2) is 0 Å². The Morgan fingerprint density at radius 1 is 1.27 bits per heavy atom. The summed E-state index contributed by atoms with van der Waals surface area (Å²) in [6.07, 6.45) is -1.48. The summed E-state index contributed by atoms with van der Waals surface area (Å²) < 4.78 is 39.8. The Morgan fingerprint density at radius 2 is 1.88 bits per heavy atom. The summed E-state index contributed by atoms with van der Waals surface area (Å²) >= 11 is 0. The monoisotopic (exact) mass is 369 g/mol. The highest BCUT2D eigenvalue weighted by molar-refractivity contribution is 5.80. The Labute approximate surface area is 152 Å². The van der Waals surface area contributed by atoms with Gasteiger partial charge in [-0.1, -0.05) is 17.7 Å². The third kappa shape index (κ3) is 4.22. The molecule has 26 heavy (non-hydrogen) atoms. The minimum atomic E-state index is -4.33. The topological polar surface area (TPSA) is 40.5 Å². The summed E-state index contributed by atoms with van der Waals surface area (Å²) in [5.74, 6) is 0.143. The molecule has 0 unspecified atom stereocenters. The van der Waals surface area contributed by atoms with Gasteiger partial charge in [-0.3, -0.25) is 4.79 Å². The van der Waals surface area contributed by atoms with Crippen molar-refractivity contribution in [3.63, 3.8) is 0 Å². The maximum absolute atomic E-state index is 13.3. The van der Waals surface area contributed by atoms with Gasteiger partial charge in [0.15, 0.2) is 0 Å². The molecule has 144 valence electrons. The highest BCUT2D eigenvalue weighted by Gasteiger charge is 2.44. The van der Waals surface area contributed by atoms with Crippen LogP contribution in [0.5, 0.6) is 0 Å². The third-order valence-electron chi connectivity index (χ3n) is 5.73. The van der Waals surface area contributed by atoms with Crippen molar-refractivity contribution >= 4 is 5.91 Å². The molecule has 2 fully saturated rings. The fraction of sp³-hybridized carbons (Fsp3) is 0.650. The molecule has 3 nitrogen and oxygen atoms in total. The largest absolute Gasteiger partial charge is 0.416 e. The molecular weight excluding hydrogens is 343 g/mol.